The Morgan fingerprint density at radius 1 is 1.11 bits per heavy atom. The lowest BCUT2D eigenvalue weighted by Gasteiger charge is -2.18. The SMILES string of the molecule is CCNC(=NCC1CCOC1c1ccccc1)NCCc1ccccc1Cl.I. The van der Waals surface area contributed by atoms with Crippen molar-refractivity contribution in [3.05, 3.63) is 70.7 Å². The molecule has 1 saturated heterocycles. The molecule has 1 aliphatic rings. The van der Waals surface area contributed by atoms with Gasteiger partial charge in [-0.2, -0.15) is 0 Å². The zero-order valence-corrected chi connectivity index (χ0v) is 19.3. The molecule has 2 aromatic rings. The first kappa shape index (κ1) is 23.0. The summed E-state index contributed by atoms with van der Waals surface area (Å²) < 4.78 is 5.97. The van der Waals surface area contributed by atoms with Crippen molar-refractivity contribution in [3.8, 4) is 0 Å². The Morgan fingerprint density at radius 3 is 2.61 bits per heavy atom. The average molecular weight is 514 g/mol. The highest BCUT2D eigenvalue weighted by Gasteiger charge is 2.29. The minimum absolute atomic E-state index is 0. The van der Waals surface area contributed by atoms with Crippen LogP contribution in [0.1, 0.15) is 30.6 Å². The Balaban J connectivity index is 0.00000280. The summed E-state index contributed by atoms with van der Waals surface area (Å²) in [6.45, 7) is 5.26. The zero-order chi connectivity index (χ0) is 18.9. The van der Waals surface area contributed by atoms with Gasteiger partial charge in [0.15, 0.2) is 5.96 Å². The third kappa shape index (κ3) is 6.64. The molecule has 0 spiro atoms. The number of hydrogen-bond donors (Lipinski definition) is 2. The second kappa shape index (κ2) is 12.3. The Bertz CT molecular complexity index is 742. The van der Waals surface area contributed by atoms with Crippen LogP contribution in [0.3, 0.4) is 0 Å². The maximum absolute atomic E-state index is 6.23. The number of hydrogen-bond acceptors (Lipinski definition) is 2. The van der Waals surface area contributed by atoms with Crippen LogP contribution in [0, 0.1) is 5.92 Å². The van der Waals surface area contributed by atoms with E-state index in [0.29, 0.717) is 5.92 Å². The fourth-order valence-corrected chi connectivity index (χ4v) is 3.63. The van der Waals surface area contributed by atoms with E-state index in [1.54, 1.807) is 0 Å². The quantitative estimate of drug-likeness (QED) is 0.317. The van der Waals surface area contributed by atoms with Gasteiger partial charge in [0.1, 0.15) is 0 Å². The summed E-state index contributed by atoms with van der Waals surface area (Å²) >= 11 is 6.23. The molecule has 2 unspecified atom stereocenters. The molecule has 6 heteroatoms. The van der Waals surface area contributed by atoms with Gasteiger partial charge in [0.05, 0.1) is 6.10 Å². The van der Waals surface area contributed by atoms with Crippen LogP contribution < -0.4 is 10.6 Å². The molecule has 1 aliphatic heterocycles. The molecule has 2 N–H and O–H groups in total. The third-order valence-electron chi connectivity index (χ3n) is 4.82. The van der Waals surface area contributed by atoms with Gasteiger partial charge in [0.2, 0.25) is 0 Å². The molecule has 0 bridgehead atoms. The lowest BCUT2D eigenvalue weighted by atomic mass is 9.95. The van der Waals surface area contributed by atoms with Crippen LogP contribution in [0.15, 0.2) is 59.6 Å². The Morgan fingerprint density at radius 2 is 1.86 bits per heavy atom. The molecular weight excluding hydrogens is 485 g/mol. The van der Waals surface area contributed by atoms with Gasteiger partial charge in [-0.05, 0) is 37.0 Å². The third-order valence-corrected chi connectivity index (χ3v) is 5.18. The van der Waals surface area contributed by atoms with E-state index in [4.69, 9.17) is 21.3 Å². The highest BCUT2D eigenvalue weighted by atomic mass is 127. The second-order valence-electron chi connectivity index (χ2n) is 6.74. The zero-order valence-electron chi connectivity index (χ0n) is 16.2. The van der Waals surface area contributed by atoms with Crippen LogP contribution >= 0.6 is 35.6 Å². The van der Waals surface area contributed by atoms with Crippen molar-refractivity contribution in [2.75, 3.05) is 26.2 Å². The van der Waals surface area contributed by atoms with Gasteiger partial charge in [-0.25, -0.2) is 0 Å². The molecule has 2 aromatic carbocycles. The first-order valence-electron chi connectivity index (χ1n) is 9.70. The van der Waals surface area contributed by atoms with Crippen molar-refractivity contribution in [2.45, 2.75) is 25.9 Å². The molecule has 0 aliphatic carbocycles. The van der Waals surface area contributed by atoms with E-state index >= 15 is 0 Å². The lowest BCUT2D eigenvalue weighted by molar-refractivity contribution is 0.0925. The predicted octanol–water partition coefficient (Wildman–Crippen LogP) is 4.83. The standard InChI is InChI=1S/C22H28ClN3O.HI/c1-2-24-22(25-14-12-17-8-6-7-11-20(17)23)26-16-19-13-15-27-21(19)18-9-4-3-5-10-18;/h3-11,19,21H,2,12-16H2,1H3,(H2,24,25,26);1H. The van der Waals surface area contributed by atoms with Gasteiger partial charge in [0, 0.05) is 37.2 Å². The first-order chi connectivity index (χ1) is 13.3. The van der Waals surface area contributed by atoms with E-state index in [0.717, 1.165) is 55.6 Å². The van der Waals surface area contributed by atoms with Crippen LogP contribution in [0.25, 0.3) is 0 Å². The summed E-state index contributed by atoms with van der Waals surface area (Å²) in [4.78, 5) is 4.81. The molecule has 0 amide bonds. The molecular formula is C22H29ClIN3O. The topological polar surface area (TPSA) is 45.7 Å². The minimum Gasteiger partial charge on any atom is -0.373 e. The molecule has 1 heterocycles. The molecule has 4 nitrogen and oxygen atoms in total. The number of benzene rings is 2. The first-order valence-corrected chi connectivity index (χ1v) is 10.1. The number of aliphatic imine (C=N–C) groups is 1. The molecule has 0 radical (unpaired) electrons. The molecule has 152 valence electrons. The monoisotopic (exact) mass is 513 g/mol. The maximum Gasteiger partial charge on any atom is 0.191 e. The molecule has 1 fully saturated rings. The fraction of sp³-hybridized carbons (Fsp3) is 0.409. The van der Waals surface area contributed by atoms with Crippen molar-refractivity contribution < 1.29 is 4.74 Å². The summed E-state index contributed by atoms with van der Waals surface area (Å²) in [7, 11) is 0. The largest absolute Gasteiger partial charge is 0.373 e. The van der Waals surface area contributed by atoms with Crippen molar-refractivity contribution in [3.63, 3.8) is 0 Å². The van der Waals surface area contributed by atoms with Crippen LogP contribution in [-0.2, 0) is 11.2 Å². The normalized spacial score (nSPS) is 19.1. The Labute approximate surface area is 190 Å². The number of ether oxygens (including phenoxy) is 1. The number of guanidine groups is 1. The smallest absolute Gasteiger partial charge is 0.191 e. The van der Waals surface area contributed by atoms with Gasteiger partial charge < -0.3 is 15.4 Å². The van der Waals surface area contributed by atoms with Gasteiger partial charge in [-0.3, -0.25) is 4.99 Å². The van der Waals surface area contributed by atoms with E-state index in [-0.39, 0.29) is 30.1 Å². The van der Waals surface area contributed by atoms with E-state index in [2.05, 4.69) is 47.9 Å². The van der Waals surface area contributed by atoms with Crippen molar-refractivity contribution >= 4 is 41.5 Å². The Kier molecular flexibility index (Phi) is 10.1. The van der Waals surface area contributed by atoms with Crippen molar-refractivity contribution in [1.29, 1.82) is 0 Å². The van der Waals surface area contributed by atoms with E-state index in [1.165, 1.54) is 5.56 Å². The molecule has 3 rings (SSSR count). The highest BCUT2D eigenvalue weighted by Crippen LogP contribution is 2.34. The van der Waals surface area contributed by atoms with Crippen LogP contribution in [-0.4, -0.2) is 32.2 Å². The van der Waals surface area contributed by atoms with Gasteiger partial charge in [0.25, 0.3) is 0 Å². The predicted molar refractivity (Wildman–Crippen MR) is 128 cm³/mol. The van der Waals surface area contributed by atoms with Crippen LogP contribution in [0.5, 0.6) is 0 Å². The van der Waals surface area contributed by atoms with E-state index in [1.807, 2.05) is 24.3 Å². The number of nitrogens with one attached hydrogen (secondary N) is 2. The number of halogens is 2. The summed E-state index contributed by atoms with van der Waals surface area (Å²) in [5, 5.41) is 7.56. The van der Waals surface area contributed by atoms with E-state index in [9.17, 15) is 0 Å². The van der Waals surface area contributed by atoms with Crippen LogP contribution in [0.4, 0.5) is 0 Å². The average Bonchev–Trinajstić information content (AvgIpc) is 3.17. The van der Waals surface area contributed by atoms with Crippen LogP contribution in [0.2, 0.25) is 5.02 Å². The summed E-state index contributed by atoms with van der Waals surface area (Å²) in [5.41, 5.74) is 2.39. The van der Waals surface area contributed by atoms with Crippen molar-refractivity contribution in [1.82, 2.24) is 10.6 Å². The second-order valence-corrected chi connectivity index (χ2v) is 7.15. The number of nitrogens with zero attached hydrogens (tertiary/aromatic N) is 1. The maximum atomic E-state index is 6.23. The van der Waals surface area contributed by atoms with Gasteiger partial charge in [-0.1, -0.05) is 60.1 Å². The molecule has 28 heavy (non-hydrogen) atoms. The Hall–Kier alpha value is -1.31. The molecule has 2 atom stereocenters. The summed E-state index contributed by atoms with van der Waals surface area (Å²) in [6, 6.07) is 18.4. The summed E-state index contributed by atoms with van der Waals surface area (Å²) in [6.07, 6.45) is 2.05. The fourth-order valence-electron chi connectivity index (χ4n) is 3.40. The van der Waals surface area contributed by atoms with Gasteiger partial charge >= 0.3 is 0 Å². The van der Waals surface area contributed by atoms with Crippen molar-refractivity contribution in [2.24, 2.45) is 10.9 Å². The van der Waals surface area contributed by atoms with E-state index < -0.39 is 0 Å². The minimum atomic E-state index is 0. The molecule has 0 aromatic heterocycles. The molecule has 0 saturated carbocycles. The summed E-state index contributed by atoms with van der Waals surface area (Å²) in [5.74, 6) is 1.26. The number of rotatable bonds is 7. The lowest BCUT2D eigenvalue weighted by Crippen LogP contribution is -2.38. The highest BCUT2D eigenvalue weighted by molar-refractivity contribution is 14.0. The van der Waals surface area contributed by atoms with Gasteiger partial charge in [-0.15, -0.1) is 24.0 Å².